The Morgan fingerprint density at radius 1 is 1.09 bits per heavy atom. The van der Waals surface area contributed by atoms with Crippen molar-refractivity contribution in [3.63, 3.8) is 0 Å². The fourth-order valence-electron chi connectivity index (χ4n) is 2.51. The zero-order valence-corrected chi connectivity index (χ0v) is 12.9. The van der Waals surface area contributed by atoms with Crippen LogP contribution in [0, 0.1) is 0 Å². The number of pyridine rings is 1. The fraction of sp³-hybridized carbons (Fsp3) is 0.211. The number of ether oxygens (including phenoxy) is 1. The summed E-state index contributed by atoms with van der Waals surface area (Å²) in [5, 5.41) is 4.71. The number of fused-ring (bicyclic) bond motifs is 1. The SMILES string of the molecule is COc1cccc([C@@H](C)NCc2cnc3ccccc3c2)c1. The van der Waals surface area contributed by atoms with Crippen LogP contribution in [0.2, 0.25) is 0 Å². The van der Waals surface area contributed by atoms with Gasteiger partial charge in [0.1, 0.15) is 5.75 Å². The van der Waals surface area contributed by atoms with Crippen molar-refractivity contribution in [1.82, 2.24) is 10.3 Å². The molecule has 0 saturated carbocycles. The average molecular weight is 292 g/mol. The highest BCUT2D eigenvalue weighted by molar-refractivity contribution is 5.78. The Morgan fingerprint density at radius 3 is 2.82 bits per heavy atom. The zero-order chi connectivity index (χ0) is 15.4. The number of aromatic nitrogens is 1. The third-order valence-corrected chi connectivity index (χ3v) is 3.85. The zero-order valence-electron chi connectivity index (χ0n) is 12.9. The summed E-state index contributed by atoms with van der Waals surface area (Å²) in [5.74, 6) is 0.888. The van der Waals surface area contributed by atoms with Crippen LogP contribution in [0.25, 0.3) is 10.9 Å². The first-order valence-corrected chi connectivity index (χ1v) is 7.47. The van der Waals surface area contributed by atoms with E-state index in [1.807, 2.05) is 36.5 Å². The molecule has 22 heavy (non-hydrogen) atoms. The second-order valence-electron chi connectivity index (χ2n) is 5.42. The van der Waals surface area contributed by atoms with Gasteiger partial charge in [0, 0.05) is 24.2 Å². The molecule has 0 aliphatic heterocycles. The molecular weight excluding hydrogens is 272 g/mol. The fourth-order valence-corrected chi connectivity index (χ4v) is 2.51. The van der Waals surface area contributed by atoms with Gasteiger partial charge in [0.25, 0.3) is 0 Å². The number of nitrogens with one attached hydrogen (secondary N) is 1. The molecule has 1 N–H and O–H groups in total. The van der Waals surface area contributed by atoms with Crippen LogP contribution >= 0.6 is 0 Å². The summed E-state index contributed by atoms with van der Waals surface area (Å²) in [5.41, 5.74) is 3.44. The molecule has 0 bridgehead atoms. The maximum absolute atomic E-state index is 5.28. The highest BCUT2D eigenvalue weighted by Crippen LogP contribution is 2.19. The molecule has 0 fully saturated rings. The molecule has 3 heteroatoms. The first kappa shape index (κ1) is 14.5. The molecule has 1 aromatic heterocycles. The number of benzene rings is 2. The smallest absolute Gasteiger partial charge is 0.119 e. The minimum absolute atomic E-state index is 0.251. The Balaban J connectivity index is 1.70. The molecule has 0 amide bonds. The van der Waals surface area contributed by atoms with Gasteiger partial charge in [-0.1, -0.05) is 30.3 Å². The largest absolute Gasteiger partial charge is 0.497 e. The Bertz CT molecular complexity index is 770. The van der Waals surface area contributed by atoms with E-state index < -0.39 is 0 Å². The molecule has 0 spiro atoms. The van der Waals surface area contributed by atoms with E-state index in [0.29, 0.717) is 0 Å². The molecule has 0 unspecified atom stereocenters. The molecule has 0 aliphatic rings. The second-order valence-corrected chi connectivity index (χ2v) is 5.42. The predicted molar refractivity (Wildman–Crippen MR) is 90.0 cm³/mol. The highest BCUT2D eigenvalue weighted by atomic mass is 16.5. The number of para-hydroxylation sites is 1. The lowest BCUT2D eigenvalue weighted by molar-refractivity contribution is 0.413. The molecule has 0 aliphatic carbocycles. The maximum Gasteiger partial charge on any atom is 0.119 e. The van der Waals surface area contributed by atoms with Crippen LogP contribution in [-0.4, -0.2) is 12.1 Å². The van der Waals surface area contributed by atoms with Crippen molar-refractivity contribution in [2.45, 2.75) is 19.5 Å². The van der Waals surface area contributed by atoms with Gasteiger partial charge in [0.15, 0.2) is 0 Å². The van der Waals surface area contributed by atoms with Gasteiger partial charge in [-0.15, -0.1) is 0 Å². The number of rotatable bonds is 5. The van der Waals surface area contributed by atoms with E-state index >= 15 is 0 Å². The normalized spacial score (nSPS) is 12.3. The Morgan fingerprint density at radius 2 is 1.95 bits per heavy atom. The van der Waals surface area contributed by atoms with Crippen LogP contribution in [0.3, 0.4) is 0 Å². The predicted octanol–water partition coefficient (Wildman–Crippen LogP) is 4.09. The van der Waals surface area contributed by atoms with Gasteiger partial charge in [-0.2, -0.15) is 0 Å². The Labute approximate surface area is 131 Å². The minimum Gasteiger partial charge on any atom is -0.497 e. The second kappa shape index (κ2) is 6.58. The van der Waals surface area contributed by atoms with Gasteiger partial charge < -0.3 is 10.1 Å². The van der Waals surface area contributed by atoms with Crippen molar-refractivity contribution in [1.29, 1.82) is 0 Å². The standard InChI is InChI=1S/C19H20N2O/c1-14(16-7-5-8-18(11-16)22-2)20-12-15-10-17-6-3-4-9-19(17)21-13-15/h3-11,13-14,20H,12H2,1-2H3/t14-/m1/s1. The van der Waals surface area contributed by atoms with Crippen LogP contribution in [0.15, 0.2) is 60.8 Å². The Hall–Kier alpha value is -2.39. The van der Waals surface area contributed by atoms with Gasteiger partial charge >= 0.3 is 0 Å². The topological polar surface area (TPSA) is 34.1 Å². The molecule has 0 saturated heterocycles. The third-order valence-electron chi connectivity index (χ3n) is 3.85. The van der Waals surface area contributed by atoms with E-state index in [9.17, 15) is 0 Å². The average Bonchev–Trinajstić information content (AvgIpc) is 2.59. The van der Waals surface area contributed by atoms with Crippen LogP contribution in [0.5, 0.6) is 5.75 Å². The van der Waals surface area contributed by atoms with E-state index in [1.165, 1.54) is 16.5 Å². The molecule has 0 radical (unpaired) electrons. The van der Waals surface area contributed by atoms with Crippen LogP contribution in [-0.2, 0) is 6.54 Å². The van der Waals surface area contributed by atoms with Gasteiger partial charge in [-0.25, -0.2) is 0 Å². The van der Waals surface area contributed by atoms with Gasteiger partial charge in [-0.3, -0.25) is 4.98 Å². The number of hydrogen-bond acceptors (Lipinski definition) is 3. The van der Waals surface area contributed by atoms with Crippen molar-refractivity contribution < 1.29 is 4.74 Å². The van der Waals surface area contributed by atoms with E-state index in [-0.39, 0.29) is 6.04 Å². The first-order valence-electron chi connectivity index (χ1n) is 7.47. The van der Waals surface area contributed by atoms with Crippen LogP contribution in [0.1, 0.15) is 24.1 Å². The van der Waals surface area contributed by atoms with Gasteiger partial charge in [0.05, 0.1) is 12.6 Å². The molecule has 3 aromatic rings. The van der Waals surface area contributed by atoms with Crippen molar-refractivity contribution in [2.24, 2.45) is 0 Å². The van der Waals surface area contributed by atoms with Crippen molar-refractivity contribution >= 4 is 10.9 Å². The molecule has 1 atom stereocenters. The summed E-state index contributed by atoms with van der Waals surface area (Å²) < 4.78 is 5.28. The number of methoxy groups -OCH3 is 1. The van der Waals surface area contributed by atoms with E-state index in [0.717, 1.165) is 17.8 Å². The molecule has 3 nitrogen and oxygen atoms in total. The number of hydrogen-bond donors (Lipinski definition) is 1. The summed E-state index contributed by atoms with van der Waals surface area (Å²) in [6, 6.07) is 18.8. The summed E-state index contributed by atoms with van der Waals surface area (Å²) in [4.78, 5) is 4.50. The van der Waals surface area contributed by atoms with Gasteiger partial charge in [0.2, 0.25) is 0 Å². The highest BCUT2D eigenvalue weighted by Gasteiger charge is 2.06. The molecule has 3 rings (SSSR count). The summed E-state index contributed by atoms with van der Waals surface area (Å²) in [6.07, 6.45) is 1.94. The summed E-state index contributed by atoms with van der Waals surface area (Å²) in [6.45, 7) is 2.94. The Kier molecular flexibility index (Phi) is 4.35. The minimum atomic E-state index is 0.251. The monoisotopic (exact) mass is 292 g/mol. The van der Waals surface area contributed by atoms with E-state index in [2.05, 4.69) is 41.5 Å². The lowest BCUT2D eigenvalue weighted by atomic mass is 10.1. The summed E-state index contributed by atoms with van der Waals surface area (Å²) in [7, 11) is 1.69. The first-order chi connectivity index (χ1) is 10.8. The van der Waals surface area contributed by atoms with E-state index in [4.69, 9.17) is 4.74 Å². The van der Waals surface area contributed by atoms with Crippen LogP contribution in [0.4, 0.5) is 0 Å². The summed E-state index contributed by atoms with van der Waals surface area (Å²) >= 11 is 0. The molecular formula is C19H20N2O. The third kappa shape index (κ3) is 3.26. The molecule has 2 aromatic carbocycles. The van der Waals surface area contributed by atoms with Crippen LogP contribution < -0.4 is 10.1 Å². The number of nitrogens with zero attached hydrogens (tertiary/aromatic N) is 1. The lowest BCUT2D eigenvalue weighted by Gasteiger charge is -2.15. The van der Waals surface area contributed by atoms with Gasteiger partial charge in [-0.05, 0) is 42.3 Å². The quantitative estimate of drug-likeness (QED) is 0.769. The van der Waals surface area contributed by atoms with Crippen molar-refractivity contribution in [3.8, 4) is 5.75 Å². The van der Waals surface area contributed by atoms with E-state index in [1.54, 1.807) is 7.11 Å². The van der Waals surface area contributed by atoms with Crippen molar-refractivity contribution in [3.05, 3.63) is 71.9 Å². The lowest BCUT2D eigenvalue weighted by Crippen LogP contribution is -2.18. The maximum atomic E-state index is 5.28. The molecule has 1 heterocycles. The molecule has 112 valence electrons. The van der Waals surface area contributed by atoms with Crippen molar-refractivity contribution in [2.75, 3.05) is 7.11 Å².